The second kappa shape index (κ2) is 5.18. The van der Waals surface area contributed by atoms with Gasteiger partial charge in [-0.15, -0.1) is 0 Å². The van der Waals surface area contributed by atoms with Crippen LogP contribution in [0, 0.1) is 0 Å². The Bertz CT molecular complexity index is 541. The summed E-state index contributed by atoms with van der Waals surface area (Å²) in [5.74, 6) is 0.921. The van der Waals surface area contributed by atoms with E-state index in [2.05, 4.69) is 9.12 Å². The number of amidine groups is 1. The van der Waals surface area contributed by atoms with E-state index in [1.54, 1.807) is 0 Å². The maximum atomic E-state index is 11.4. The minimum atomic E-state index is -1.51. The lowest BCUT2D eigenvalue weighted by molar-refractivity contribution is 0.0255. The molecule has 0 bridgehead atoms. The smallest absolute Gasteiger partial charge is 0.245 e. The molecular weight excluding hydrogens is 266 g/mol. The van der Waals surface area contributed by atoms with Gasteiger partial charge in [0.1, 0.15) is 17.7 Å². The molecule has 102 valence electrons. The lowest BCUT2D eigenvalue weighted by Gasteiger charge is -2.26. The fraction of sp³-hybridized carbons (Fsp3) is 0.417. The highest BCUT2D eigenvalue weighted by molar-refractivity contribution is 7.85. The number of rotatable bonds is 2. The zero-order valence-electron chi connectivity index (χ0n) is 10.3. The van der Waals surface area contributed by atoms with Gasteiger partial charge in [0.05, 0.1) is 24.5 Å². The Labute approximate surface area is 113 Å². The van der Waals surface area contributed by atoms with Gasteiger partial charge in [0.2, 0.25) is 11.2 Å². The molecular formula is C12H15N3O3S. The van der Waals surface area contributed by atoms with Crippen molar-refractivity contribution in [1.82, 2.24) is 0 Å². The van der Waals surface area contributed by atoms with Gasteiger partial charge in [0, 0.05) is 12.8 Å². The summed E-state index contributed by atoms with van der Waals surface area (Å²) >= 11 is -1.51. The van der Waals surface area contributed by atoms with E-state index in [0.29, 0.717) is 30.2 Å². The van der Waals surface area contributed by atoms with E-state index in [4.69, 9.17) is 15.2 Å². The number of hydrogen-bond acceptors (Lipinski definition) is 4. The molecule has 1 atom stereocenters. The molecule has 1 aromatic carbocycles. The van der Waals surface area contributed by atoms with Crippen LogP contribution in [0.25, 0.3) is 0 Å². The highest BCUT2D eigenvalue weighted by atomic mass is 32.2. The Morgan fingerprint density at radius 2 is 2.21 bits per heavy atom. The molecule has 3 N–H and O–H groups in total. The molecule has 1 aromatic rings. The van der Waals surface area contributed by atoms with Crippen molar-refractivity contribution in [3.8, 4) is 5.75 Å². The second-order valence-corrected chi connectivity index (χ2v) is 5.32. The van der Waals surface area contributed by atoms with Crippen molar-refractivity contribution in [2.45, 2.75) is 18.9 Å². The quantitative estimate of drug-likeness (QED) is 0.845. The summed E-state index contributed by atoms with van der Waals surface area (Å²) in [5.41, 5.74) is 7.23. The van der Waals surface area contributed by atoms with Crippen molar-refractivity contribution in [3.05, 3.63) is 23.8 Å². The van der Waals surface area contributed by atoms with Crippen molar-refractivity contribution < 1.29 is 13.7 Å². The van der Waals surface area contributed by atoms with E-state index >= 15 is 0 Å². The van der Waals surface area contributed by atoms with Crippen molar-refractivity contribution >= 4 is 22.7 Å². The van der Waals surface area contributed by atoms with Crippen LogP contribution in [0.4, 0.5) is 5.69 Å². The molecule has 0 aromatic heterocycles. The summed E-state index contributed by atoms with van der Waals surface area (Å²) in [6.07, 6.45) is 1.85. The largest absolute Gasteiger partial charge is 0.489 e. The summed E-state index contributed by atoms with van der Waals surface area (Å²) in [6, 6.07) is 5.51. The van der Waals surface area contributed by atoms with Crippen LogP contribution in [0.15, 0.2) is 22.6 Å². The van der Waals surface area contributed by atoms with Gasteiger partial charge in [-0.1, -0.05) is 6.07 Å². The average molecular weight is 281 g/mol. The number of nitrogens with zero attached hydrogens (tertiary/aromatic N) is 1. The van der Waals surface area contributed by atoms with E-state index < -0.39 is 11.2 Å². The predicted octanol–water partition coefficient (Wildman–Crippen LogP) is 0.954. The molecule has 0 amide bonds. The Kier molecular flexibility index (Phi) is 3.39. The summed E-state index contributed by atoms with van der Waals surface area (Å²) < 4.78 is 29.3. The highest BCUT2D eigenvalue weighted by Crippen LogP contribution is 2.31. The van der Waals surface area contributed by atoms with Gasteiger partial charge in [0.15, 0.2) is 0 Å². The van der Waals surface area contributed by atoms with Gasteiger partial charge in [-0.05, 0) is 12.1 Å². The van der Waals surface area contributed by atoms with Crippen LogP contribution in [0.5, 0.6) is 5.75 Å². The summed E-state index contributed by atoms with van der Waals surface area (Å²) in [5, 5.41) is 0. The first-order valence-corrected chi connectivity index (χ1v) is 7.25. The average Bonchev–Trinajstić information content (AvgIpc) is 2.39. The molecule has 6 nitrogen and oxygen atoms in total. The van der Waals surface area contributed by atoms with Crippen LogP contribution in [-0.4, -0.2) is 29.4 Å². The molecule has 1 unspecified atom stereocenters. The second-order valence-electron chi connectivity index (χ2n) is 4.44. The van der Waals surface area contributed by atoms with E-state index in [1.165, 1.54) is 0 Å². The maximum absolute atomic E-state index is 11.4. The molecule has 3 rings (SSSR count). The predicted molar refractivity (Wildman–Crippen MR) is 73.4 cm³/mol. The third-order valence-corrected chi connectivity index (χ3v) is 3.88. The number of benzene rings is 1. The first kappa shape index (κ1) is 12.4. The molecule has 7 heteroatoms. The fourth-order valence-corrected chi connectivity index (χ4v) is 2.88. The zero-order chi connectivity index (χ0) is 13.2. The minimum absolute atomic E-state index is 0.125. The monoisotopic (exact) mass is 281 g/mol. The standard InChI is InChI=1S/C12H15N3O3S/c13-12-11-9(14-19(16)15-12)2-1-3-10(11)18-8-4-6-17-7-5-8/h1-3,8,14H,4-7H2,(H2,13,15). The number of nitrogens with two attached hydrogens (primary N) is 1. The van der Waals surface area contributed by atoms with Gasteiger partial charge in [-0.3, -0.25) is 4.72 Å². The van der Waals surface area contributed by atoms with Crippen LogP contribution < -0.4 is 15.2 Å². The number of ether oxygens (including phenoxy) is 2. The van der Waals surface area contributed by atoms with Gasteiger partial charge in [-0.25, -0.2) is 4.21 Å². The molecule has 0 saturated carbocycles. The van der Waals surface area contributed by atoms with Crippen molar-refractivity contribution in [2.75, 3.05) is 17.9 Å². The van der Waals surface area contributed by atoms with E-state index in [0.717, 1.165) is 12.8 Å². The van der Waals surface area contributed by atoms with Crippen molar-refractivity contribution in [3.63, 3.8) is 0 Å². The van der Waals surface area contributed by atoms with Crippen LogP contribution in [0.2, 0.25) is 0 Å². The number of anilines is 1. The molecule has 2 aliphatic heterocycles. The Morgan fingerprint density at radius 1 is 1.42 bits per heavy atom. The lowest BCUT2D eigenvalue weighted by atomic mass is 10.1. The SMILES string of the molecule is NC1=NS(=O)Nc2cccc(OC3CCOCC3)c21. The summed E-state index contributed by atoms with van der Waals surface area (Å²) in [7, 11) is 0. The van der Waals surface area contributed by atoms with Gasteiger partial charge in [-0.2, -0.15) is 4.40 Å². The van der Waals surface area contributed by atoms with Crippen LogP contribution in [0.1, 0.15) is 18.4 Å². The third kappa shape index (κ3) is 2.57. The molecule has 0 radical (unpaired) electrons. The Hall–Kier alpha value is -1.60. The molecule has 1 saturated heterocycles. The highest BCUT2D eigenvalue weighted by Gasteiger charge is 2.23. The van der Waals surface area contributed by atoms with E-state index in [-0.39, 0.29) is 11.9 Å². The maximum Gasteiger partial charge on any atom is 0.245 e. The van der Waals surface area contributed by atoms with E-state index in [9.17, 15) is 4.21 Å². The molecule has 0 aliphatic carbocycles. The lowest BCUT2D eigenvalue weighted by Crippen LogP contribution is -2.28. The van der Waals surface area contributed by atoms with Gasteiger partial charge in [0.25, 0.3) is 0 Å². The molecule has 19 heavy (non-hydrogen) atoms. The Morgan fingerprint density at radius 3 is 3.00 bits per heavy atom. The third-order valence-electron chi connectivity index (χ3n) is 3.12. The first-order chi connectivity index (χ1) is 9.24. The normalized spacial score (nSPS) is 23.2. The van der Waals surface area contributed by atoms with Crippen LogP contribution >= 0.6 is 0 Å². The van der Waals surface area contributed by atoms with Crippen molar-refractivity contribution in [1.29, 1.82) is 0 Å². The van der Waals surface area contributed by atoms with E-state index in [1.807, 2.05) is 18.2 Å². The number of nitrogens with one attached hydrogen (secondary N) is 1. The first-order valence-electron chi connectivity index (χ1n) is 6.14. The molecule has 0 spiro atoms. The zero-order valence-corrected chi connectivity index (χ0v) is 11.1. The molecule has 2 aliphatic rings. The fourth-order valence-electron chi connectivity index (χ4n) is 2.20. The number of fused-ring (bicyclic) bond motifs is 1. The number of hydrogen-bond donors (Lipinski definition) is 2. The molecule has 2 heterocycles. The summed E-state index contributed by atoms with van der Waals surface area (Å²) in [4.78, 5) is 0. The minimum Gasteiger partial charge on any atom is -0.489 e. The summed E-state index contributed by atoms with van der Waals surface area (Å²) in [6.45, 7) is 1.43. The van der Waals surface area contributed by atoms with Crippen LogP contribution in [-0.2, 0) is 15.9 Å². The van der Waals surface area contributed by atoms with Gasteiger partial charge >= 0.3 is 0 Å². The van der Waals surface area contributed by atoms with Crippen LogP contribution in [0.3, 0.4) is 0 Å². The van der Waals surface area contributed by atoms with Gasteiger partial charge < -0.3 is 15.2 Å². The topological polar surface area (TPSA) is 85.9 Å². The Balaban J connectivity index is 1.89. The molecule has 1 fully saturated rings. The van der Waals surface area contributed by atoms with Crippen molar-refractivity contribution in [2.24, 2.45) is 10.1 Å².